The molecule has 4 heteroatoms. The van der Waals surface area contributed by atoms with Crippen LogP contribution in [-0.2, 0) is 4.74 Å². The third kappa shape index (κ3) is 5.43. The van der Waals surface area contributed by atoms with E-state index in [0.717, 1.165) is 5.56 Å². The molecule has 0 saturated heterocycles. The number of rotatable bonds is 6. The molecule has 20 heavy (non-hydrogen) atoms. The lowest BCUT2D eigenvalue weighted by atomic mass is 10.0. The Morgan fingerprint density at radius 3 is 2.95 bits per heavy atom. The number of carbonyl (C=O) groups excluding carboxylic acids is 1. The number of carbonyl (C=O) groups is 1. The second-order valence-corrected chi connectivity index (χ2v) is 4.28. The normalized spacial score (nSPS) is 9.75. The largest absolute Gasteiger partial charge is 0.395 e. The van der Waals surface area contributed by atoms with Crippen molar-refractivity contribution in [3.8, 4) is 11.8 Å². The van der Waals surface area contributed by atoms with Gasteiger partial charge in [-0.3, -0.25) is 4.79 Å². The van der Waals surface area contributed by atoms with E-state index in [1.807, 2.05) is 26.0 Å². The molecule has 1 aromatic rings. The third-order valence-electron chi connectivity index (χ3n) is 2.62. The van der Waals surface area contributed by atoms with Crippen LogP contribution in [0.1, 0.15) is 34.8 Å². The van der Waals surface area contributed by atoms with E-state index in [4.69, 9.17) is 9.84 Å². The van der Waals surface area contributed by atoms with Gasteiger partial charge in [-0.1, -0.05) is 17.9 Å². The van der Waals surface area contributed by atoms with Gasteiger partial charge in [0.15, 0.2) is 0 Å². The fraction of sp³-hybridized carbons (Fsp3) is 0.438. The molecule has 0 heterocycles. The van der Waals surface area contributed by atoms with Crippen LogP contribution in [0.4, 0.5) is 0 Å². The van der Waals surface area contributed by atoms with Crippen molar-refractivity contribution in [3.63, 3.8) is 0 Å². The van der Waals surface area contributed by atoms with Crippen LogP contribution in [0, 0.1) is 18.8 Å². The maximum absolute atomic E-state index is 12.1. The highest BCUT2D eigenvalue weighted by molar-refractivity contribution is 5.96. The minimum absolute atomic E-state index is 0.0225. The summed E-state index contributed by atoms with van der Waals surface area (Å²) in [6.45, 7) is 5.50. The minimum atomic E-state index is -0.155. The predicted octanol–water partition coefficient (Wildman–Crippen LogP) is 1.50. The average molecular weight is 275 g/mol. The van der Waals surface area contributed by atoms with E-state index in [1.54, 1.807) is 6.07 Å². The first kappa shape index (κ1) is 16.2. The highest BCUT2D eigenvalue weighted by atomic mass is 16.5. The molecule has 1 aromatic carbocycles. The first-order chi connectivity index (χ1) is 9.69. The third-order valence-corrected chi connectivity index (χ3v) is 2.62. The molecular formula is C16H21NO3. The van der Waals surface area contributed by atoms with Crippen LogP contribution < -0.4 is 5.32 Å². The molecule has 0 aliphatic carbocycles. The van der Waals surface area contributed by atoms with Gasteiger partial charge in [-0.25, -0.2) is 0 Å². The molecule has 0 aliphatic heterocycles. The van der Waals surface area contributed by atoms with Gasteiger partial charge in [0, 0.05) is 25.1 Å². The van der Waals surface area contributed by atoms with Crippen LogP contribution in [-0.4, -0.2) is 37.4 Å². The zero-order chi connectivity index (χ0) is 14.8. The van der Waals surface area contributed by atoms with E-state index < -0.39 is 0 Å². The molecule has 0 aromatic heterocycles. The number of nitrogens with one attached hydrogen (secondary N) is 1. The molecular weight excluding hydrogens is 254 g/mol. The zero-order valence-corrected chi connectivity index (χ0v) is 12.0. The summed E-state index contributed by atoms with van der Waals surface area (Å²) in [7, 11) is 0. The van der Waals surface area contributed by atoms with Gasteiger partial charge in [-0.15, -0.1) is 0 Å². The van der Waals surface area contributed by atoms with Crippen molar-refractivity contribution < 1.29 is 14.6 Å². The lowest BCUT2D eigenvalue weighted by molar-refractivity contribution is 0.0922. The van der Waals surface area contributed by atoms with E-state index in [-0.39, 0.29) is 12.5 Å². The lowest BCUT2D eigenvalue weighted by Crippen LogP contribution is -2.28. The second-order valence-electron chi connectivity index (χ2n) is 4.28. The van der Waals surface area contributed by atoms with Gasteiger partial charge < -0.3 is 15.2 Å². The Hall–Kier alpha value is -1.83. The molecule has 0 radical (unpaired) electrons. The second kappa shape index (κ2) is 9.13. The molecule has 0 atom stereocenters. The van der Waals surface area contributed by atoms with Crippen LogP contribution in [0.25, 0.3) is 0 Å². The molecule has 0 fully saturated rings. The van der Waals surface area contributed by atoms with Gasteiger partial charge in [-0.2, -0.15) is 0 Å². The maximum Gasteiger partial charge on any atom is 0.252 e. The van der Waals surface area contributed by atoms with E-state index in [1.165, 1.54) is 0 Å². The molecule has 2 N–H and O–H groups in total. The van der Waals surface area contributed by atoms with Gasteiger partial charge in [0.1, 0.15) is 0 Å². The van der Waals surface area contributed by atoms with Crippen LogP contribution in [0.15, 0.2) is 18.2 Å². The fourth-order valence-corrected chi connectivity index (χ4v) is 1.65. The first-order valence-electron chi connectivity index (χ1n) is 6.75. The predicted molar refractivity (Wildman–Crippen MR) is 78.6 cm³/mol. The number of ether oxygens (including phenoxy) is 1. The molecule has 0 saturated carbocycles. The number of aliphatic hydroxyl groups excluding tert-OH is 1. The number of aryl methyl sites for hydroxylation is 1. The van der Waals surface area contributed by atoms with Crippen molar-refractivity contribution in [1.29, 1.82) is 0 Å². The number of aliphatic hydroxyl groups is 1. The average Bonchev–Trinajstić information content (AvgIpc) is 2.44. The number of hydrogen-bond donors (Lipinski definition) is 2. The van der Waals surface area contributed by atoms with E-state index in [9.17, 15) is 4.79 Å². The number of hydrogen-bond acceptors (Lipinski definition) is 3. The van der Waals surface area contributed by atoms with Gasteiger partial charge in [0.2, 0.25) is 0 Å². The van der Waals surface area contributed by atoms with Gasteiger partial charge in [-0.05, 0) is 31.5 Å². The maximum atomic E-state index is 12.1. The Labute approximate surface area is 120 Å². The van der Waals surface area contributed by atoms with E-state index >= 15 is 0 Å². The molecule has 0 unspecified atom stereocenters. The minimum Gasteiger partial charge on any atom is -0.395 e. The van der Waals surface area contributed by atoms with Crippen LogP contribution in [0.2, 0.25) is 0 Å². The number of amides is 1. The van der Waals surface area contributed by atoms with Crippen molar-refractivity contribution in [2.45, 2.75) is 20.3 Å². The highest BCUT2D eigenvalue weighted by Crippen LogP contribution is 2.10. The van der Waals surface area contributed by atoms with Crippen molar-refractivity contribution in [2.24, 2.45) is 0 Å². The number of benzene rings is 1. The Morgan fingerprint density at radius 2 is 2.25 bits per heavy atom. The fourth-order valence-electron chi connectivity index (χ4n) is 1.65. The van der Waals surface area contributed by atoms with Crippen LogP contribution in [0.5, 0.6) is 0 Å². The van der Waals surface area contributed by atoms with Crippen molar-refractivity contribution in [2.75, 3.05) is 26.4 Å². The molecule has 4 nitrogen and oxygen atoms in total. The summed E-state index contributed by atoms with van der Waals surface area (Å²) in [4.78, 5) is 12.1. The Kier molecular flexibility index (Phi) is 7.41. The van der Waals surface area contributed by atoms with Crippen molar-refractivity contribution >= 4 is 5.91 Å². The summed E-state index contributed by atoms with van der Waals surface area (Å²) in [5.41, 5.74) is 2.29. The van der Waals surface area contributed by atoms with Crippen molar-refractivity contribution in [3.05, 3.63) is 34.9 Å². The molecule has 1 rings (SSSR count). The van der Waals surface area contributed by atoms with Crippen molar-refractivity contribution in [1.82, 2.24) is 5.32 Å². The molecule has 0 spiro atoms. The van der Waals surface area contributed by atoms with E-state index in [0.29, 0.717) is 37.3 Å². The Morgan fingerprint density at radius 1 is 1.45 bits per heavy atom. The molecule has 0 aliphatic rings. The summed E-state index contributed by atoms with van der Waals surface area (Å²) in [6.07, 6.45) is 0.402. The van der Waals surface area contributed by atoms with Crippen LogP contribution >= 0.6 is 0 Å². The topological polar surface area (TPSA) is 58.6 Å². The summed E-state index contributed by atoms with van der Waals surface area (Å²) < 4.78 is 5.18. The standard InChI is InChI=1S/C16H21NO3/c1-3-20-11-9-17-16(19)15-8-7-13(2)12-14(15)6-4-5-10-18/h7-8,12,18H,3,5,9-11H2,1-2H3,(H,17,19). The lowest BCUT2D eigenvalue weighted by Gasteiger charge is -2.08. The summed E-state index contributed by atoms with van der Waals surface area (Å²) in [5.74, 6) is 5.63. The van der Waals surface area contributed by atoms with E-state index in [2.05, 4.69) is 17.2 Å². The smallest absolute Gasteiger partial charge is 0.252 e. The molecule has 1 amide bonds. The van der Waals surface area contributed by atoms with Gasteiger partial charge in [0.05, 0.1) is 18.8 Å². The first-order valence-corrected chi connectivity index (χ1v) is 6.75. The molecule has 0 bridgehead atoms. The summed E-state index contributed by atoms with van der Waals surface area (Å²) >= 11 is 0. The summed E-state index contributed by atoms with van der Waals surface area (Å²) in [5, 5.41) is 11.6. The monoisotopic (exact) mass is 275 g/mol. The Balaban J connectivity index is 2.77. The Bertz CT molecular complexity index is 500. The highest BCUT2D eigenvalue weighted by Gasteiger charge is 2.09. The summed E-state index contributed by atoms with van der Waals surface area (Å²) in [6, 6.07) is 5.53. The molecule has 108 valence electrons. The quantitative estimate of drug-likeness (QED) is 0.611. The van der Waals surface area contributed by atoms with Crippen LogP contribution in [0.3, 0.4) is 0 Å². The van der Waals surface area contributed by atoms with Gasteiger partial charge in [0.25, 0.3) is 5.91 Å². The SMILES string of the molecule is CCOCCNC(=O)c1ccc(C)cc1C#CCCO. The van der Waals surface area contributed by atoms with Gasteiger partial charge >= 0.3 is 0 Å². The zero-order valence-electron chi connectivity index (χ0n) is 12.0.